The molecular weight excluding hydrogens is 384 g/mol. The van der Waals surface area contributed by atoms with Crippen LogP contribution in [-0.4, -0.2) is 51.7 Å². The molecule has 5 heteroatoms. The largest absolute Gasteiger partial charge is 0.336 e. The maximum absolute atomic E-state index is 13.5. The van der Waals surface area contributed by atoms with Gasteiger partial charge in [-0.1, -0.05) is 60.7 Å². The number of benzene rings is 2. The predicted octanol–water partition coefficient (Wildman–Crippen LogP) is 4.10. The third-order valence-electron chi connectivity index (χ3n) is 5.85. The summed E-state index contributed by atoms with van der Waals surface area (Å²) in [5.74, 6) is 0.102. The number of piperazine rings is 1. The molecular formula is C26H30N4O. The first-order valence-electron chi connectivity index (χ1n) is 11.0. The van der Waals surface area contributed by atoms with Crippen LogP contribution in [0.15, 0.2) is 66.9 Å². The molecule has 1 amide bonds. The molecule has 0 spiro atoms. The molecule has 2 aromatic carbocycles. The predicted molar refractivity (Wildman–Crippen MR) is 125 cm³/mol. The average molecular weight is 415 g/mol. The van der Waals surface area contributed by atoms with Gasteiger partial charge in [-0.2, -0.15) is 5.10 Å². The Bertz CT molecular complexity index is 1030. The number of rotatable bonds is 6. The summed E-state index contributed by atoms with van der Waals surface area (Å²) in [5, 5.41) is 4.55. The summed E-state index contributed by atoms with van der Waals surface area (Å²) in [6.07, 6.45) is 4.15. The Morgan fingerprint density at radius 2 is 1.61 bits per heavy atom. The minimum Gasteiger partial charge on any atom is -0.336 e. The number of hydrogen-bond donors (Lipinski definition) is 0. The van der Waals surface area contributed by atoms with Crippen molar-refractivity contribution >= 4 is 17.6 Å². The molecule has 3 aromatic rings. The molecule has 0 saturated carbocycles. The second kappa shape index (κ2) is 9.75. The van der Waals surface area contributed by atoms with Crippen LogP contribution in [0.5, 0.6) is 0 Å². The fourth-order valence-corrected chi connectivity index (χ4v) is 4.00. The van der Waals surface area contributed by atoms with Crippen LogP contribution in [0.25, 0.3) is 11.6 Å². The topological polar surface area (TPSA) is 41.4 Å². The van der Waals surface area contributed by atoms with Crippen LogP contribution < -0.4 is 0 Å². The van der Waals surface area contributed by atoms with Crippen LogP contribution in [-0.2, 0) is 17.9 Å². The van der Waals surface area contributed by atoms with E-state index in [4.69, 9.17) is 0 Å². The van der Waals surface area contributed by atoms with Gasteiger partial charge in [0.15, 0.2) is 0 Å². The van der Waals surface area contributed by atoms with Gasteiger partial charge in [0.05, 0.1) is 5.69 Å². The van der Waals surface area contributed by atoms with E-state index in [1.807, 2.05) is 76.3 Å². The van der Waals surface area contributed by atoms with Crippen molar-refractivity contribution in [3.63, 3.8) is 0 Å². The summed E-state index contributed by atoms with van der Waals surface area (Å²) in [6.45, 7) is 9.16. The van der Waals surface area contributed by atoms with E-state index in [1.165, 1.54) is 5.56 Å². The first-order chi connectivity index (χ1) is 15.1. The summed E-state index contributed by atoms with van der Waals surface area (Å²) in [6, 6.07) is 20.0. The van der Waals surface area contributed by atoms with Crippen LogP contribution in [0.2, 0.25) is 0 Å². The van der Waals surface area contributed by atoms with E-state index in [-0.39, 0.29) is 5.91 Å². The summed E-state index contributed by atoms with van der Waals surface area (Å²) in [4.78, 5) is 17.9. The normalized spacial score (nSPS) is 15.3. The van der Waals surface area contributed by atoms with Crippen molar-refractivity contribution in [2.75, 3.05) is 26.2 Å². The highest BCUT2D eigenvalue weighted by Gasteiger charge is 2.25. The molecule has 1 saturated heterocycles. The first-order valence-corrected chi connectivity index (χ1v) is 11.0. The van der Waals surface area contributed by atoms with Gasteiger partial charge in [0.2, 0.25) is 0 Å². The maximum atomic E-state index is 13.5. The molecule has 0 aliphatic carbocycles. The molecule has 160 valence electrons. The highest BCUT2D eigenvalue weighted by Crippen LogP contribution is 2.22. The number of nitrogens with zero attached hydrogens (tertiary/aromatic N) is 4. The van der Waals surface area contributed by atoms with E-state index in [1.54, 1.807) is 0 Å². The summed E-state index contributed by atoms with van der Waals surface area (Å²) < 4.78 is 1.99. The molecule has 0 atom stereocenters. The average Bonchev–Trinajstić information content (AvgIpc) is 3.18. The van der Waals surface area contributed by atoms with Crippen molar-refractivity contribution in [2.45, 2.75) is 26.9 Å². The zero-order valence-corrected chi connectivity index (χ0v) is 18.4. The SMILES string of the molecule is CCn1cc(CN2CCN(C(=O)/C(=C\c3ccccc3)c3ccccc3)CC2)c(C)n1. The second-order valence-electron chi connectivity index (χ2n) is 8.00. The minimum absolute atomic E-state index is 0.102. The number of aryl methyl sites for hydroxylation is 2. The molecule has 4 rings (SSSR count). The Kier molecular flexibility index (Phi) is 6.63. The van der Waals surface area contributed by atoms with E-state index in [0.717, 1.165) is 61.7 Å². The second-order valence-corrected chi connectivity index (χ2v) is 8.00. The number of hydrogen-bond acceptors (Lipinski definition) is 3. The van der Waals surface area contributed by atoms with Gasteiger partial charge in [-0.3, -0.25) is 14.4 Å². The zero-order valence-electron chi connectivity index (χ0n) is 18.4. The summed E-state index contributed by atoms with van der Waals surface area (Å²) in [7, 11) is 0. The third-order valence-corrected chi connectivity index (χ3v) is 5.85. The van der Waals surface area contributed by atoms with Gasteiger partial charge in [0.25, 0.3) is 5.91 Å². The molecule has 1 aromatic heterocycles. The zero-order chi connectivity index (χ0) is 21.6. The Morgan fingerprint density at radius 1 is 0.968 bits per heavy atom. The smallest absolute Gasteiger partial charge is 0.254 e. The lowest BCUT2D eigenvalue weighted by atomic mass is 10.0. The fraction of sp³-hybridized carbons (Fsp3) is 0.308. The van der Waals surface area contributed by atoms with Gasteiger partial charge in [0.1, 0.15) is 0 Å². The van der Waals surface area contributed by atoms with Gasteiger partial charge >= 0.3 is 0 Å². The van der Waals surface area contributed by atoms with Crippen molar-refractivity contribution in [1.29, 1.82) is 0 Å². The van der Waals surface area contributed by atoms with Gasteiger partial charge < -0.3 is 4.90 Å². The molecule has 1 aliphatic heterocycles. The van der Waals surface area contributed by atoms with Crippen LogP contribution in [0, 0.1) is 6.92 Å². The highest BCUT2D eigenvalue weighted by atomic mass is 16.2. The fourth-order valence-electron chi connectivity index (χ4n) is 4.00. The van der Waals surface area contributed by atoms with Gasteiger partial charge in [0, 0.05) is 56.6 Å². The molecule has 31 heavy (non-hydrogen) atoms. The molecule has 0 radical (unpaired) electrons. The van der Waals surface area contributed by atoms with Crippen LogP contribution >= 0.6 is 0 Å². The monoisotopic (exact) mass is 414 g/mol. The third kappa shape index (κ3) is 5.12. The van der Waals surface area contributed by atoms with Crippen molar-refractivity contribution in [1.82, 2.24) is 19.6 Å². The lowest BCUT2D eigenvalue weighted by Crippen LogP contribution is -2.48. The molecule has 0 unspecified atom stereocenters. The van der Waals surface area contributed by atoms with E-state index < -0.39 is 0 Å². The Morgan fingerprint density at radius 3 is 2.23 bits per heavy atom. The van der Waals surface area contributed by atoms with Gasteiger partial charge in [-0.05, 0) is 31.1 Å². The van der Waals surface area contributed by atoms with E-state index >= 15 is 0 Å². The van der Waals surface area contributed by atoms with Gasteiger partial charge in [-0.15, -0.1) is 0 Å². The standard InChI is InChI=1S/C26H30N4O/c1-3-30-20-24(21(2)27-30)19-28-14-16-29(17-15-28)26(31)25(23-12-8-5-9-13-23)18-22-10-6-4-7-11-22/h4-13,18,20H,3,14-17,19H2,1-2H3/b25-18-. The van der Waals surface area contributed by atoms with E-state index in [2.05, 4.69) is 30.0 Å². The molecule has 0 N–H and O–H groups in total. The van der Waals surface area contributed by atoms with E-state index in [0.29, 0.717) is 0 Å². The Hall–Kier alpha value is -3.18. The first kappa shape index (κ1) is 21.1. The van der Waals surface area contributed by atoms with Crippen molar-refractivity contribution in [3.8, 4) is 0 Å². The minimum atomic E-state index is 0.102. The quantitative estimate of drug-likeness (QED) is 0.451. The van der Waals surface area contributed by atoms with Crippen molar-refractivity contribution in [3.05, 3.63) is 89.2 Å². The number of carbonyl (C=O) groups is 1. The van der Waals surface area contributed by atoms with E-state index in [9.17, 15) is 4.79 Å². The number of carbonyl (C=O) groups excluding carboxylic acids is 1. The highest BCUT2D eigenvalue weighted by molar-refractivity contribution is 6.24. The molecule has 2 heterocycles. The van der Waals surface area contributed by atoms with Crippen molar-refractivity contribution < 1.29 is 4.79 Å². The van der Waals surface area contributed by atoms with Gasteiger partial charge in [-0.25, -0.2) is 0 Å². The Balaban J connectivity index is 1.46. The van der Waals surface area contributed by atoms with Crippen LogP contribution in [0.3, 0.4) is 0 Å². The lowest BCUT2D eigenvalue weighted by molar-refractivity contribution is -0.126. The van der Waals surface area contributed by atoms with Crippen molar-refractivity contribution in [2.24, 2.45) is 0 Å². The molecule has 1 fully saturated rings. The number of amides is 1. The molecule has 0 bridgehead atoms. The van der Waals surface area contributed by atoms with Crippen LogP contribution in [0.1, 0.15) is 29.3 Å². The molecule has 5 nitrogen and oxygen atoms in total. The Labute approximate surface area is 184 Å². The van der Waals surface area contributed by atoms with Crippen LogP contribution in [0.4, 0.5) is 0 Å². The summed E-state index contributed by atoms with van der Waals surface area (Å²) >= 11 is 0. The maximum Gasteiger partial charge on any atom is 0.254 e. The molecule has 1 aliphatic rings. The summed E-state index contributed by atoms with van der Waals surface area (Å²) in [5.41, 5.74) is 5.12. The lowest BCUT2D eigenvalue weighted by Gasteiger charge is -2.35. The number of aromatic nitrogens is 2.